The molecule has 1 heterocycles. The Kier molecular flexibility index (Phi) is 2.18. The molecule has 0 aliphatic heterocycles. The molecule has 1 aromatic heterocycles. The summed E-state index contributed by atoms with van der Waals surface area (Å²) in [6, 6.07) is 2.61. The van der Waals surface area contributed by atoms with Gasteiger partial charge in [-0.3, -0.25) is 0 Å². The van der Waals surface area contributed by atoms with E-state index in [4.69, 9.17) is 4.42 Å². The molecule has 0 aromatic carbocycles. The van der Waals surface area contributed by atoms with Gasteiger partial charge in [-0.1, -0.05) is 13.8 Å². The predicted molar refractivity (Wildman–Crippen MR) is 57.3 cm³/mol. The van der Waals surface area contributed by atoms with Crippen molar-refractivity contribution in [1.82, 2.24) is 5.32 Å². The zero-order valence-corrected chi connectivity index (χ0v) is 9.48. The number of hydrogen-bond donors (Lipinski definition) is 1. The van der Waals surface area contributed by atoms with Crippen LogP contribution in [0.5, 0.6) is 0 Å². The van der Waals surface area contributed by atoms with Crippen LogP contribution in [-0.4, -0.2) is 7.05 Å². The average molecular weight is 193 g/mol. The van der Waals surface area contributed by atoms with Gasteiger partial charge in [-0.15, -0.1) is 0 Å². The molecule has 1 unspecified atom stereocenters. The van der Waals surface area contributed by atoms with Crippen molar-refractivity contribution in [3.8, 4) is 0 Å². The van der Waals surface area contributed by atoms with Crippen LogP contribution in [0.3, 0.4) is 0 Å². The minimum atomic E-state index is 0.331. The standard InChI is InChI=1S/C12H19NO/c1-8-7-9-10(14-8)5-6-12(2,3)11(9)13-4/h7,11,13H,5-6H2,1-4H3. The van der Waals surface area contributed by atoms with Crippen LogP contribution >= 0.6 is 0 Å². The number of nitrogens with one attached hydrogen (secondary N) is 1. The van der Waals surface area contributed by atoms with Gasteiger partial charge >= 0.3 is 0 Å². The molecule has 0 spiro atoms. The lowest BCUT2D eigenvalue weighted by Gasteiger charge is -2.37. The highest BCUT2D eigenvalue weighted by molar-refractivity contribution is 5.29. The highest BCUT2D eigenvalue weighted by Crippen LogP contribution is 2.44. The first-order chi connectivity index (χ1) is 6.54. The zero-order chi connectivity index (χ0) is 10.3. The molecular weight excluding hydrogens is 174 g/mol. The summed E-state index contributed by atoms with van der Waals surface area (Å²) in [5.41, 5.74) is 1.69. The maximum absolute atomic E-state index is 5.69. The van der Waals surface area contributed by atoms with Crippen molar-refractivity contribution in [3.05, 3.63) is 23.2 Å². The second kappa shape index (κ2) is 3.13. The topological polar surface area (TPSA) is 25.2 Å². The maximum atomic E-state index is 5.69. The van der Waals surface area contributed by atoms with Gasteiger partial charge in [0.05, 0.1) is 0 Å². The highest BCUT2D eigenvalue weighted by Gasteiger charge is 2.36. The Morgan fingerprint density at radius 1 is 1.50 bits per heavy atom. The Morgan fingerprint density at radius 3 is 2.86 bits per heavy atom. The Bertz CT molecular complexity index is 338. The summed E-state index contributed by atoms with van der Waals surface area (Å²) in [6.45, 7) is 6.66. The molecule has 14 heavy (non-hydrogen) atoms. The van der Waals surface area contributed by atoms with Gasteiger partial charge in [-0.2, -0.15) is 0 Å². The van der Waals surface area contributed by atoms with E-state index in [9.17, 15) is 0 Å². The van der Waals surface area contributed by atoms with Crippen LogP contribution in [0, 0.1) is 12.3 Å². The van der Waals surface area contributed by atoms with Crippen molar-refractivity contribution < 1.29 is 4.42 Å². The van der Waals surface area contributed by atoms with Crippen molar-refractivity contribution in [1.29, 1.82) is 0 Å². The largest absolute Gasteiger partial charge is 0.466 e. The van der Waals surface area contributed by atoms with Crippen LogP contribution in [0.15, 0.2) is 10.5 Å². The van der Waals surface area contributed by atoms with E-state index in [0.717, 1.165) is 12.2 Å². The van der Waals surface area contributed by atoms with Gasteiger partial charge in [0.15, 0.2) is 0 Å². The molecular formula is C12H19NO. The fraction of sp³-hybridized carbons (Fsp3) is 0.667. The van der Waals surface area contributed by atoms with Gasteiger partial charge in [-0.25, -0.2) is 0 Å². The van der Waals surface area contributed by atoms with Crippen LogP contribution in [0.25, 0.3) is 0 Å². The lowest BCUT2D eigenvalue weighted by Crippen LogP contribution is -2.35. The summed E-state index contributed by atoms with van der Waals surface area (Å²) < 4.78 is 5.69. The molecule has 0 amide bonds. The second-order valence-corrected chi connectivity index (χ2v) is 4.95. The van der Waals surface area contributed by atoms with Gasteiger partial charge in [0, 0.05) is 18.0 Å². The van der Waals surface area contributed by atoms with Crippen LogP contribution in [0.4, 0.5) is 0 Å². The van der Waals surface area contributed by atoms with Crippen LogP contribution in [0.1, 0.15) is 43.4 Å². The molecule has 1 aliphatic carbocycles. The number of aryl methyl sites for hydroxylation is 2. The summed E-state index contributed by atoms with van der Waals surface area (Å²) in [5, 5.41) is 3.40. The third kappa shape index (κ3) is 1.38. The van der Waals surface area contributed by atoms with Crippen LogP contribution < -0.4 is 5.32 Å². The Balaban J connectivity index is 2.44. The molecule has 2 nitrogen and oxygen atoms in total. The highest BCUT2D eigenvalue weighted by atomic mass is 16.3. The molecule has 1 aliphatic rings. The quantitative estimate of drug-likeness (QED) is 0.742. The van der Waals surface area contributed by atoms with Crippen LogP contribution in [0.2, 0.25) is 0 Å². The molecule has 0 radical (unpaired) electrons. The third-order valence-electron chi connectivity index (χ3n) is 3.34. The molecule has 0 saturated heterocycles. The van der Waals surface area contributed by atoms with E-state index in [-0.39, 0.29) is 0 Å². The van der Waals surface area contributed by atoms with Crippen molar-refractivity contribution in [2.75, 3.05) is 7.05 Å². The molecule has 78 valence electrons. The summed E-state index contributed by atoms with van der Waals surface area (Å²) in [7, 11) is 2.03. The smallest absolute Gasteiger partial charge is 0.108 e. The van der Waals surface area contributed by atoms with Gasteiger partial charge in [0.2, 0.25) is 0 Å². The molecule has 2 rings (SSSR count). The summed E-state index contributed by atoms with van der Waals surface area (Å²) in [5.74, 6) is 2.22. The van der Waals surface area contributed by atoms with Crippen molar-refractivity contribution in [3.63, 3.8) is 0 Å². The SMILES string of the molecule is CNC1c2cc(C)oc2CCC1(C)C. The number of hydrogen-bond acceptors (Lipinski definition) is 2. The molecule has 1 atom stereocenters. The van der Waals surface area contributed by atoms with E-state index in [1.54, 1.807) is 0 Å². The minimum Gasteiger partial charge on any atom is -0.466 e. The summed E-state index contributed by atoms with van der Waals surface area (Å²) in [6.07, 6.45) is 2.27. The fourth-order valence-electron chi connectivity index (χ4n) is 2.57. The second-order valence-electron chi connectivity index (χ2n) is 4.95. The zero-order valence-electron chi connectivity index (χ0n) is 9.48. The monoisotopic (exact) mass is 193 g/mol. The fourth-order valence-corrected chi connectivity index (χ4v) is 2.57. The van der Waals surface area contributed by atoms with Gasteiger partial charge < -0.3 is 9.73 Å². The molecule has 1 N–H and O–H groups in total. The van der Waals surface area contributed by atoms with E-state index >= 15 is 0 Å². The van der Waals surface area contributed by atoms with Crippen LogP contribution in [-0.2, 0) is 6.42 Å². The molecule has 2 heteroatoms. The minimum absolute atomic E-state index is 0.331. The van der Waals surface area contributed by atoms with Crippen molar-refractivity contribution in [2.45, 2.75) is 39.7 Å². The lowest BCUT2D eigenvalue weighted by molar-refractivity contribution is 0.208. The third-order valence-corrected chi connectivity index (χ3v) is 3.34. The first kappa shape index (κ1) is 9.78. The summed E-state index contributed by atoms with van der Waals surface area (Å²) in [4.78, 5) is 0. The molecule has 0 bridgehead atoms. The number of fused-ring (bicyclic) bond motifs is 1. The van der Waals surface area contributed by atoms with Crippen molar-refractivity contribution >= 4 is 0 Å². The molecule has 1 aromatic rings. The Labute approximate surface area is 85.7 Å². The summed E-state index contributed by atoms with van der Waals surface area (Å²) >= 11 is 0. The van der Waals surface area contributed by atoms with E-state index in [1.807, 2.05) is 14.0 Å². The van der Waals surface area contributed by atoms with Gasteiger partial charge in [-0.05, 0) is 31.9 Å². The first-order valence-electron chi connectivity index (χ1n) is 5.31. The Morgan fingerprint density at radius 2 is 2.21 bits per heavy atom. The lowest BCUT2D eigenvalue weighted by atomic mass is 9.72. The first-order valence-corrected chi connectivity index (χ1v) is 5.31. The van der Waals surface area contributed by atoms with E-state index in [2.05, 4.69) is 25.2 Å². The number of rotatable bonds is 1. The molecule has 0 fully saturated rings. The van der Waals surface area contributed by atoms with Crippen molar-refractivity contribution in [2.24, 2.45) is 5.41 Å². The van der Waals surface area contributed by atoms with E-state index in [1.165, 1.54) is 17.7 Å². The number of furan rings is 1. The Hall–Kier alpha value is -0.760. The van der Waals surface area contributed by atoms with E-state index < -0.39 is 0 Å². The predicted octanol–water partition coefficient (Wildman–Crippen LogP) is 2.82. The average Bonchev–Trinajstić information content (AvgIpc) is 2.44. The maximum Gasteiger partial charge on any atom is 0.108 e. The van der Waals surface area contributed by atoms with E-state index in [0.29, 0.717) is 11.5 Å². The van der Waals surface area contributed by atoms with Gasteiger partial charge in [0.25, 0.3) is 0 Å². The normalized spacial score (nSPS) is 24.7. The molecule has 0 saturated carbocycles. The van der Waals surface area contributed by atoms with Gasteiger partial charge in [0.1, 0.15) is 11.5 Å².